The fraction of sp³-hybridized carbons (Fsp3) is 0.273. The first-order chi connectivity index (χ1) is 6.63. The Kier molecular flexibility index (Phi) is 3.51. The van der Waals surface area contributed by atoms with Crippen molar-refractivity contribution in [2.24, 2.45) is 0 Å². The van der Waals surface area contributed by atoms with Crippen molar-refractivity contribution in [2.45, 2.75) is 19.5 Å². The molecule has 14 heavy (non-hydrogen) atoms. The quantitative estimate of drug-likeness (QED) is 0.542. The lowest BCUT2D eigenvalue weighted by atomic mass is 10.1. The molecule has 1 aromatic rings. The van der Waals surface area contributed by atoms with Crippen molar-refractivity contribution in [1.29, 1.82) is 0 Å². The lowest BCUT2D eigenvalue weighted by molar-refractivity contribution is -0.111. The van der Waals surface area contributed by atoms with E-state index in [1.165, 1.54) is 6.92 Å². The zero-order valence-corrected chi connectivity index (χ0v) is 7.87. The van der Waals surface area contributed by atoms with Gasteiger partial charge in [-0.3, -0.25) is 4.79 Å². The largest absolute Gasteiger partial charge is 0.300 e. The molecule has 1 rings (SSSR count). The van der Waals surface area contributed by atoms with Crippen molar-refractivity contribution in [3.8, 4) is 0 Å². The van der Waals surface area contributed by atoms with Gasteiger partial charge in [0.1, 0.15) is 0 Å². The Hall–Kier alpha value is -1.51. The molecule has 0 spiro atoms. The van der Waals surface area contributed by atoms with Crippen molar-refractivity contribution >= 4 is 12.1 Å². The van der Waals surface area contributed by atoms with E-state index < -0.39 is 6.17 Å². The minimum atomic E-state index is -1.46. The molecule has 0 fully saturated rings. The molecular formula is C11H11FO2. The molecule has 0 N–H and O–H groups in total. The fourth-order valence-corrected chi connectivity index (χ4v) is 1.15. The molecule has 0 aliphatic carbocycles. The maximum absolute atomic E-state index is 12.6. The average molecular weight is 194 g/mol. The normalized spacial score (nSPS) is 12.1. The molecule has 2 nitrogen and oxygen atoms in total. The van der Waals surface area contributed by atoms with Crippen molar-refractivity contribution in [1.82, 2.24) is 0 Å². The molecule has 1 atom stereocenters. The Labute approximate surface area is 81.7 Å². The van der Waals surface area contributed by atoms with Crippen molar-refractivity contribution in [3.05, 3.63) is 35.4 Å². The number of alkyl halides is 1. The number of hydrogen-bond acceptors (Lipinski definition) is 2. The number of carbonyl (C=O) groups excluding carboxylic acids is 2. The van der Waals surface area contributed by atoms with Crippen LogP contribution in [0.5, 0.6) is 0 Å². The Balaban J connectivity index is 2.73. The second kappa shape index (κ2) is 4.65. The van der Waals surface area contributed by atoms with Gasteiger partial charge in [0.05, 0.1) is 0 Å². The first kappa shape index (κ1) is 10.6. The summed E-state index contributed by atoms with van der Waals surface area (Å²) >= 11 is 0. The first-order valence-corrected chi connectivity index (χ1v) is 4.32. The maximum atomic E-state index is 12.6. The van der Waals surface area contributed by atoms with E-state index in [-0.39, 0.29) is 18.5 Å². The molecule has 0 saturated heterocycles. The zero-order valence-electron chi connectivity index (χ0n) is 7.87. The number of rotatable bonds is 4. The topological polar surface area (TPSA) is 34.1 Å². The lowest BCUT2D eigenvalue weighted by Gasteiger charge is -2.01. The predicted octanol–water partition coefficient (Wildman–Crippen LogP) is 1.97. The summed E-state index contributed by atoms with van der Waals surface area (Å²) in [5, 5.41) is 0. The highest BCUT2D eigenvalue weighted by atomic mass is 19.1. The van der Waals surface area contributed by atoms with Gasteiger partial charge >= 0.3 is 0 Å². The summed E-state index contributed by atoms with van der Waals surface area (Å²) in [6.07, 6.45) is -1.11. The van der Waals surface area contributed by atoms with Crippen LogP contribution in [0.3, 0.4) is 0 Å². The van der Waals surface area contributed by atoms with Gasteiger partial charge in [0, 0.05) is 12.0 Å². The molecule has 0 radical (unpaired) electrons. The number of ketones is 1. The highest BCUT2D eigenvalue weighted by Gasteiger charge is 2.05. The van der Waals surface area contributed by atoms with Crippen molar-refractivity contribution in [3.63, 3.8) is 0 Å². The number of halogens is 1. The van der Waals surface area contributed by atoms with Crippen LogP contribution in [-0.2, 0) is 11.2 Å². The zero-order chi connectivity index (χ0) is 10.6. The average Bonchev–Trinajstić information content (AvgIpc) is 2.18. The van der Waals surface area contributed by atoms with E-state index in [4.69, 9.17) is 0 Å². The standard InChI is InChI=1S/C11H11FO2/c1-8(14)10-4-2-9(3-5-10)6-11(12)7-13/h2-5,7,11H,6H2,1H3. The molecule has 0 heterocycles. The predicted molar refractivity (Wildman–Crippen MR) is 51.1 cm³/mol. The van der Waals surface area contributed by atoms with Crippen LogP contribution in [0.1, 0.15) is 22.8 Å². The molecule has 0 aromatic heterocycles. The number of Topliss-reactive ketones (excluding diaryl/α,β-unsaturated/α-hetero) is 1. The molecular weight excluding hydrogens is 183 g/mol. The Morgan fingerprint density at radius 2 is 2.00 bits per heavy atom. The van der Waals surface area contributed by atoms with Crippen LogP contribution in [-0.4, -0.2) is 18.2 Å². The summed E-state index contributed by atoms with van der Waals surface area (Å²) in [5.41, 5.74) is 1.31. The van der Waals surface area contributed by atoms with Crippen molar-refractivity contribution < 1.29 is 14.0 Å². The summed E-state index contributed by atoms with van der Waals surface area (Å²) in [6, 6.07) is 6.59. The van der Waals surface area contributed by atoms with Crippen molar-refractivity contribution in [2.75, 3.05) is 0 Å². The Morgan fingerprint density at radius 1 is 1.43 bits per heavy atom. The second-order valence-corrected chi connectivity index (χ2v) is 3.11. The van der Waals surface area contributed by atoms with E-state index in [9.17, 15) is 14.0 Å². The van der Waals surface area contributed by atoms with E-state index in [1.807, 2.05) is 0 Å². The summed E-state index contributed by atoms with van der Waals surface area (Å²) in [4.78, 5) is 21.0. The maximum Gasteiger partial charge on any atom is 0.159 e. The monoisotopic (exact) mass is 194 g/mol. The van der Waals surface area contributed by atoms with E-state index in [1.54, 1.807) is 24.3 Å². The van der Waals surface area contributed by atoms with E-state index in [2.05, 4.69) is 0 Å². The van der Waals surface area contributed by atoms with E-state index in [0.717, 1.165) is 5.56 Å². The summed E-state index contributed by atoms with van der Waals surface area (Å²) in [7, 11) is 0. The molecule has 74 valence electrons. The first-order valence-electron chi connectivity index (χ1n) is 4.32. The summed E-state index contributed by atoms with van der Waals surface area (Å²) in [5.74, 6) is -0.0243. The smallest absolute Gasteiger partial charge is 0.159 e. The van der Waals surface area contributed by atoms with Gasteiger partial charge in [-0.2, -0.15) is 0 Å². The van der Waals surface area contributed by atoms with E-state index >= 15 is 0 Å². The van der Waals surface area contributed by atoms with Crippen LogP contribution < -0.4 is 0 Å². The van der Waals surface area contributed by atoms with Crippen LogP contribution in [0.15, 0.2) is 24.3 Å². The molecule has 0 aliphatic heterocycles. The van der Waals surface area contributed by atoms with Gasteiger partial charge in [-0.1, -0.05) is 24.3 Å². The molecule has 0 amide bonds. The molecule has 3 heteroatoms. The number of carbonyl (C=O) groups is 2. The van der Waals surface area contributed by atoms with Crippen LogP contribution >= 0.6 is 0 Å². The van der Waals surface area contributed by atoms with Gasteiger partial charge in [-0.15, -0.1) is 0 Å². The van der Waals surface area contributed by atoms with Gasteiger partial charge in [-0.05, 0) is 12.5 Å². The fourth-order valence-electron chi connectivity index (χ4n) is 1.15. The lowest BCUT2D eigenvalue weighted by Crippen LogP contribution is -2.05. The third kappa shape index (κ3) is 2.76. The molecule has 0 saturated carbocycles. The molecule has 0 bridgehead atoms. The van der Waals surface area contributed by atoms with Gasteiger partial charge < -0.3 is 4.79 Å². The van der Waals surface area contributed by atoms with Crippen LogP contribution in [0.4, 0.5) is 4.39 Å². The molecule has 1 unspecified atom stereocenters. The Bertz CT molecular complexity index is 330. The molecule has 1 aromatic carbocycles. The van der Waals surface area contributed by atoms with Gasteiger partial charge in [0.2, 0.25) is 0 Å². The highest BCUT2D eigenvalue weighted by Crippen LogP contribution is 2.08. The van der Waals surface area contributed by atoms with Gasteiger partial charge in [-0.25, -0.2) is 4.39 Å². The highest BCUT2D eigenvalue weighted by molar-refractivity contribution is 5.94. The van der Waals surface area contributed by atoms with Crippen LogP contribution in [0.2, 0.25) is 0 Å². The minimum Gasteiger partial charge on any atom is -0.300 e. The number of hydrogen-bond donors (Lipinski definition) is 0. The van der Waals surface area contributed by atoms with Crippen LogP contribution in [0.25, 0.3) is 0 Å². The number of aldehydes is 1. The summed E-state index contributed by atoms with van der Waals surface area (Å²) in [6.45, 7) is 1.47. The van der Waals surface area contributed by atoms with E-state index in [0.29, 0.717) is 5.56 Å². The van der Waals surface area contributed by atoms with Gasteiger partial charge in [0.15, 0.2) is 18.2 Å². The minimum absolute atomic E-state index is 0.0243. The molecule has 0 aliphatic rings. The third-order valence-corrected chi connectivity index (χ3v) is 1.94. The summed E-state index contributed by atoms with van der Waals surface area (Å²) < 4.78 is 12.6. The SMILES string of the molecule is CC(=O)c1ccc(CC(F)C=O)cc1. The second-order valence-electron chi connectivity index (χ2n) is 3.11. The Morgan fingerprint density at radius 3 is 2.43 bits per heavy atom. The van der Waals surface area contributed by atoms with Gasteiger partial charge in [0.25, 0.3) is 0 Å². The third-order valence-electron chi connectivity index (χ3n) is 1.94. The van der Waals surface area contributed by atoms with Crippen LogP contribution in [0, 0.1) is 0 Å². The number of benzene rings is 1.